The molecule has 37 heavy (non-hydrogen) atoms. The van der Waals surface area contributed by atoms with Gasteiger partial charge in [-0.25, -0.2) is 0 Å². The standard InChI is InChI=1S/C29H38O8/c1-14-12-18-26(6,29(24(33)35-9)21(31)15(2)22(34-8)27(14,29)7)13-17-20-25(4,5)19(36-16(3)30)10-11-28(18,20)23(32)37-17/h12,17-20H,10-11,13H2,1-9H3/t17-,18+,19-,20+,26-,27-,28+,29+/m1/s1. The van der Waals surface area contributed by atoms with Crippen molar-refractivity contribution in [2.24, 2.45) is 38.9 Å². The van der Waals surface area contributed by atoms with E-state index in [4.69, 9.17) is 18.9 Å². The van der Waals surface area contributed by atoms with E-state index in [1.807, 2.05) is 34.6 Å². The molecule has 202 valence electrons. The van der Waals surface area contributed by atoms with Crippen LogP contribution in [-0.2, 0) is 38.1 Å². The normalized spacial score (nSPS) is 45.3. The van der Waals surface area contributed by atoms with Gasteiger partial charge in [0.1, 0.15) is 18.0 Å². The van der Waals surface area contributed by atoms with E-state index in [0.29, 0.717) is 30.6 Å². The van der Waals surface area contributed by atoms with Crippen LogP contribution >= 0.6 is 0 Å². The zero-order valence-corrected chi connectivity index (χ0v) is 23.3. The molecule has 5 rings (SSSR count). The van der Waals surface area contributed by atoms with Crippen molar-refractivity contribution < 1.29 is 38.1 Å². The highest BCUT2D eigenvalue weighted by Gasteiger charge is 2.85. The van der Waals surface area contributed by atoms with Crippen molar-refractivity contribution in [2.45, 2.75) is 79.9 Å². The number of ether oxygens (including phenoxy) is 4. The maximum absolute atomic E-state index is 14.4. The van der Waals surface area contributed by atoms with Gasteiger partial charge in [0, 0.05) is 35.2 Å². The molecule has 0 amide bonds. The van der Waals surface area contributed by atoms with Crippen LogP contribution in [0.4, 0.5) is 0 Å². The molecule has 8 heteroatoms. The average Bonchev–Trinajstić information content (AvgIpc) is 3.16. The fraction of sp³-hybridized carbons (Fsp3) is 0.724. The van der Waals surface area contributed by atoms with Crippen molar-refractivity contribution in [3.05, 3.63) is 23.0 Å². The van der Waals surface area contributed by atoms with Gasteiger partial charge in [-0.1, -0.05) is 32.4 Å². The lowest BCUT2D eigenvalue weighted by Gasteiger charge is -2.66. The van der Waals surface area contributed by atoms with Crippen LogP contribution in [0.1, 0.15) is 67.7 Å². The fourth-order valence-corrected chi connectivity index (χ4v) is 9.91. The van der Waals surface area contributed by atoms with Crippen LogP contribution in [-0.4, -0.2) is 50.1 Å². The molecule has 1 aliphatic heterocycles. The summed E-state index contributed by atoms with van der Waals surface area (Å²) in [4.78, 5) is 54.2. The summed E-state index contributed by atoms with van der Waals surface area (Å²) in [6.45, 7) is 12.9. The van der Waals surface area contributed by atoms with Crippen LogP contribution in [0, 0.1) is 38.9 Å². The van der Waals surface area contributed by atoms with Gasteiger partial charge in [0.05, 0.1) is 25.0 Å². The zero-order valence-electron chi connectivity index (χ0n) is 23.3. The van der Waals surface area contributed by atoms with E-state index in [1.54, 1.807) is 6.92 Å². The molecule has 2 saturated carbocycles. The maximum atomic E-state index is 14.4. The fourth-order valence-electron chi connectivity index (χ4n) is 9.91. The molecule has 0 radical (unpaired) electrons. The smallest absolute Gasteiger partial charge is 0.321 e. The monoisotopic (exact) mass is 514 g/mol. The first-order valence-corrected chi connectivity index (χ1v) is 13.1. The van der Waals surface area contributed by atoms with Gasteiger partial charge in [0.2, 0.25) is 0 Å². The molecule has 1 heterocycles. The van der Waals surface area contributed by atoms with Crippen molar-refractivity contribution in [1.29, 1.82) is 0 Å². The van der Waals surface area contributed by atoms with E-state index in [0.717, 1.165) is 5.57 Å². The van der Waals surface area contributed by atoms with Crippen molar-refractivity contribution >= 4 is 23.7 Å². The molecule has 0 aromatic rings. The molecular weight excluding hydrogens is 476 g/mol. The van der Waals surface area contributed by atoms with Crippen LogP contribution in [0.15, 0.2) is 23.0 Å². The molecular formula is C29H38O8. The molecule has 1 saturated heterocycles. The molecule has 2 bridgehead atoms. The quantitative estimate of drug-likeness (QED) is 0.242. The summed E-state index contributed by atoms with van der Waals surface area (Å²) in [5.41, 5.74) is -4.01. The SMILES string of the molecule is COC(=O)[C@]12C(=O)C(C)=C(OC)[C@@]1(C)C(C)=C[C@@H]1[C@@]34CC[C@@H](OC(C)=O)C(C)(C)[C@@H]3[C@@H](C[C@]12C)OC4=O. The topological polar surface area (TPSA) is 105 Å². The Balaban J connectivity index is 1.80. The van der Waals surface area contributed by atoms with E-state index in [1.165, 1.54) is 21.1 Å². The predicted molar refractivity (Wildman–Crippen MR) is 132 cm³/mol. The van der Waals surface area contributed by atoms with Gasteiger partial charge in [-0.3, -0.25) is 19.2 Å². The summed E-state index contributed by atoms with van der Waals surface area (Å²) in [7, 11) is 2.84. The number of rotatable bonds is 3. The molecule has 8 nitrogen and oxygen atoms in total. The van der Waals surface area contributed by atoms with E-state index >= 15 is 0 Å². The number of carbonyl (C=O) groups is 4. The third kappa shape index (κ3) is 2.51. The van der Waals surface area contributed by atoms with Gasteiger partial charge in [-0.2, -0.15) is 0 Å². The highest BCUT2D eigenvalue weighted by molar-refractivity contribution is 6.17. The Bertz CT molecular complexity index is 1190. The van der Waals surface area contributed by atoms with Gasteiger partial charge in [-0.05, 0) is 40.0 Å². The summed E-state index contributed by atoms with van der Waals surface area (Å²) < 4.78 is 23.1. The number of Topliss-reactive ketones (excluding diaryl/α,β-unsaturated/α-hetero) is 1. The summed E-state index contributed by atoms with van der Waals surface area (Å²) in [5, 5.41) is 0. The first kappa shape index (κ1) is 26.0. The largest absolute Gasteiger partial charge is 0.500 e. The lowest BCUT2D eigenvalue weighted by atomic mass is 9.33. The van der Waals surface area contributed by atoms with E-state index < -0.39 is 45.1 Å². The number of allylic oxidation sites excluding steroid dienone is 3. The minimum atomic E-state index is -1.62. The van der Waals surface area contributed by atoms with E-state index in [2.05, 4.69) is 6.08 Å². The third-order valence-electron chi connectivity index (χ3n) is 11.2. The first-order valence-electron chi connectivity index (χ1n) is 13.1. The van der Waals surface area contributed by atoms with Crippen LogP contribution in [0.3, 0.4) is 0 Å². The van der Waals surface area contributed by atoms with Gasteiger partial charge >= 0.3 is 17.9 Å². The van der Waals surface area contributed by atoms with Crippen molar-refractivity contribution in [3.63, 3.8) is 0 Å². The van der Waals surface area contributed by atoms with Crippen LogP contribution in [0.25, 0.3) is 0 Å². The molecule has 3 fully saturated rings. The Morgan fingerprint density at radius 2 is 1.73 bits per heavy atom. The minimum absolute atomic E-state index is 0.251. The number of ketones is 1. The predicted octanol–water partition coefficient (Wildman–Crippen LogP) is 3.92. The Hall–Kier alpha value is -2.64. The summed E-state index contributed by atoms with van der Waals surface area (Å²) in [6, 6.07) is 0. The Labute approximate surface area is 218 Å². The Kier molecular flexibility index (Phi) is 5.25. The second-order valence-corrected chi connectivity index (χ2v) is 12.7. The van der Waals surface area contributed by atoms with Crippen LogP contribution < -0.4 is 0 Å². The maximum Gasteiger partial charge on any atom is 0.321 e. The van der Waals surface area contributed by atoms with Gasteiger partial charge in [0.25, 0.3) is 0 Å². The average molecular weight is 515 g/mol. The number of hydrogen-bond acceptors (Lipinski definition) is 8. The van der Waals surface area contributed by atoms with Crippen molar-refractivity contribution in [2.75, 3.05) is 14.2 Å². The molecule has 0 aromatic heterocycles. The number of carbonyl (C=O) groups excluding carboxylic acids is 4. The van der Waals surface area contributed by atoms with Crippen LogP contribution in [0.5, 0.6) is 0 Å². The van der Waals surface area contributed by atoms with E-state index in [9.17, 15) is 19.2 Å². The third-order valence-corrected chi connectivity index (χ3v) is 11.2. The summed E-state index contributed by atoms with van der Waals surface area (Å²) in [5.74, 6) is -1.81. The minimum Gasteiger partial charge on any atom is -0.500 e. The highest BCUT2D eigenvalue weighted by Crippen LogP contribution is 2.79. The lowest BCUT2D eigenvalue weighted by Crippen LogP contribution is -2.71. The molecule has 0 aromatic carbocycles. The number of methoxy groups -OCH3 is 2. The van der Waals surface area contributed by atoms with Crippen LogP contribution in [0.2, 0.25) is 0 Å². The molecule has 4 aliphatic carbocycles. The van der Waals surface area contributed by atoms with Gasteiger partial charge < -0.3 is 18.9 Å². The molecule has 0 unspecified atom stereocenters. The summed E-state index contributed by atoms with van der Waals surface area (Å²) >= 11 is 0. The van der Waals surface area contributed by atoms with Gasteiger partial charge in [-0.15, -0.1) is 0 Å². The number of hydrogen-bond donors (Lipinski definition) is 0. The van der Waals surface area contributed by atoms with Crippen molar-refractivity contribution in [1.82, 2.24) is 0 Å². The Morgan fingerprint density at radius 1 is 1.08 bits per heavy atom. The lowest BCUT2D eigenvalue weighted by molar-refractivity contribution is -0.216. The molecule has 0 spiro atoms. The molecule has 5 aliphatic rings. The number of esters is 3. The number of fused-ring (bicyclic) bond motifs is 3. The zero-order chi connectivity index (χ0) is 27.5. The molecule has 0 N–H and O–H groups in total. The van der Waals surface area contributed by atoms with Crippen molar-refractivity contribution in [3.8, 4) is 0 Å². The Morgan fingerprint density at radius 3 is 2.30 bits per heavy atom. The second-order valence-electron chi connectivity index (χ2n) is 12.7. The van der Waals surface area contributed by atoms with Gasteiger partial charge in [0.15, 0.2) is 11.2 Å². The summed E-state index contributed by atoms with van der Waals surface area (Å²) in [6.07, 6.45) is 2.42. The highest BCUT2D eigenvalue weighted by atomic mass is 16.6. The van der Waals surface area contributed by atoms with E-state index in [-0.39, 0.29) is 29.7 Å². The second kappa shape index (κ2) is 7.48. The molecule has 8 atom stereocenters. The first-order chi connectivity index (χ1) is 17.1.